The number of likely N-dealkylation sites (tertiary alicyclic amines) is 1. The summed E-state index contributed by atoms with van der Waals surface area (Å²) in [6, 6.07) is 8.30. The number of fused-ring (bicyclic) bond motifs is 3. The highest BCUT2D eigenvalue weighted by Crippen LogP contribution is 2.43. The fourth-order valence-corrected chi connectivity index (χ4v) is 5.85. The van der Waals surface area contributed by atoms with E-state index in [-0.39, 0.29) is 23.1 Å². The molecule has 9 heteroatoms. The maximum Gasteiger partial charge on any atom is 0.251 e. The van der Waals surface area contributed by atoms with E-state index >= 15 is 8.78 Å². The minimum atomic E-state index is -2.67. The molecule has 3 atom stereocenters. The van der Waals surface area contributed by atoms with Gasteiger partial charge in [-0.15, -0.1) is 0 Å². The second-order valence-corrected chi connectivity index (χ2v) is 10.0. The number of hydrogen-bond donors (Lipinski definition) is 2. The number of rotatable bonds is 8. The number of aromatic nitrogens is 1. The summed E-state index contributed by atoms with van der Waals surface area (Å²) in [6.07, 6.45) is -2.86. The lowest BCUT2D eigenvalue weighted by atomic mass is 9.85. The Morgan fingerprint density at radius 3 is 2.47 bits per heavy atom. The molecule has 1 unspecified atom stereocenters. The predicted molar refractivity (Wildman–Crippen MR) is 128 cm³/mol. The average Bonchev–Trinajstić information content (AvgIpc) is 3.17. The highest BCUT2D eigenvalue weighted by Gasteiger charge is 2.40. The van der Waals surface area contributed by atoms with Crippen LogP contribution in [0.3, 0.4) is 0 Å². The van der Waals surface area contributed by atoms with Crippen LogP contribution in [0.5, 0.6) is 0 Å². The summed E-state index contributed by atoms with van der Waals surface area (Å²) in [5, 5.41) is 11.7. The molecule has 194 valence electrons. The van der Waals surface area contributed by atoms with E-state index in [1.165, 1.54) is 4.90 Å². The van der Waals surface area contributed by atoms with E-state index in [1.54, 1.807) is 6.92 Å². The van der Waals surface area contributed by atoms with E-state index in [4.69, 9.17) is 0 Å². The fraction of sp³-hybridized carbons (Fsp3) is 0.481. The molecule has 3 heterocycles. The molecule has 0 saturated carbocycles. The summed E-state index contributed by atoms with van der Waals surface area (Å²) >= 11 is 0. The summed E-state index contributed by atoms with van der Waals surface area (Å²) in [6.45, 7) is 2.37. The van der Waals surface area contributed by atoms with Crippen LogP contribution in [0.2, 0.25) is 0 Å². The first-order valence-corrected chi connectivity index (χ1v) is 12.4. The van der Waals surface area contributed by atoms with Crippen LogP contribution in [0, 0.1) is 17.6 Å². The van der Waals surface area contributed by atoms with Crippen LogP contribution >= 0.6 is 0 Å². The molecule has 3 aromatic rings. The van der Waals surface area contributed by atoms with Gasteiger partial charge in [-0.2, -0.15) is 0 Å². The van der Waals surface area contributed by atoms with Gasteiger partial charge in [0.25, 0.3) is 6.43 Å². The van der Waals surface area contributed by atoms with Gasteiger partial charge in [0.2, 0.25) is 0 Å². The maximum atomic E-state index is 15.6. The Balaban J connectivity index is 1.51. The molecule has 5 rings (SSSR count). The Morgan fingerprint density at radius 2 is 1.81 bits per heavy atom. The van der Waals surface area contributed by atoms with Crippen LogP contribution in [-0.4, -0.2) is 65.2 Å². The molecular weight excluding hydrogens is 477 g/mol. The molecule has 2 aromatic carbocycles. The van der Waals surface area contributed by atoms with Crippen molar-refractivity contribution in [3.63, 3.8) is 0 Å². The smallest absolute Gasteiger partial charge is 0.251 e. The number of nitrogens with zero attached hydrogens (tertiary/aromatic N) is 2. The largest absolute Gasteiger partial charge is 0.388 e. The van der Waals surface area contributed by atoms with Crippen molar-refractivity contribution in [1.82, 2.24) is 14.8 Å². The molecule has 0 aliphatic carbocycles. The van der Waals surface area contributed by atoms with Gasteiger partial charge in [-0.3, -0.25) is 9.29 Å². The van der Waals surface area contributed by atoms with Crippen LogP contribution < -0.4 is 0 Å². The maximum absolute atomic E-state index is 15.6. The molecular formula is C27H30F5N3O. The number of aromatic amines is 1. The molecule has 36 heavy (non-hydrogen) atoms. The number of H-pyrrole nitrogens is 1. The molecule has 2 aliphatic heterocycles. The van der Waals surface area contributed by atoms with Gasteiger partial charge in [-0.05, 0) is 49.1 Å². The molecule has 1 saturated heterocycles. The molecule has 4 nitrogen and oxygen atoms in total. The zero-order valence-electron chi connectivity index (χ0n) is 20.0. The number of aliphatic hydroxyl groups excluding tert-OH is 1. The molecule has 2 aliphatic rings. The zero-order valence-corrected chi connectivity index (χ0v) is 20.0. The van der Waals surface area contributed by atoms with Crippen LogP contribution in [0.25, 0.3) is 10.9 Å². The van der Waals surface area contributed by atoms with E-state index < -0.39 is 43.4 Å². The number of aliphatic hydroxyl groups is 1. The van der Waals surface area contributed by atoms with E-state index in [0.717, 1.165) is 28.6 Å². The fourth-order valence-electron chi connectivity index (χ4n) is 5.85. The van der Waals surface area contributed by atoms with Crippen molar-refractivity contribution >= 4 is 10.9 Å². The first-order valence-electron chi connectivity index (χ1n) is 12.4. The van der Waals surface area contributed by atoms with Gasteiger partial charge in [0.15, 0.2) is 0 Å². The zero-order chi connectivity index (χ0) is 25.6. The van der Waals surface area contributed by atoms with E-state index in [0.29, 0.717) is 38.2 Å². The van der Waals surface area contributed by atoms with Crippen molar-refractivity contribution in [2.75, 3.05) is 32.9 Å². The summed E-state index contributed by atoms with van der Waals surface area (Å²) in [4.78, 5) is 6.67. The first kappa shape index (κ1) is 25.2. The van der Waals surface area contributed by atoms with Gasteiger partial charge < -0.3 is 15.0 Å². The number of nitrogens with one attached hydrogen (secondary N) is 1. The van der Waals surface area contributed by atoms with Crippen LogP contribution in [0.1, 0.15) is 47.9 Å². The molecule has 0 amide bonds. The summed E-state index contributed by atoms with van der Waals surface area (Å²) < 4.78 is 70.8. The number of halogens is 5. The summed E-state index contributed by atoms with van der Waals surface area (Å²) in [5.74, 6) is -1.96. The standard InChI is InChI=1S/C27H30F5N3O/c1-15-9-19-18-5-2-3-6-22(18)33-25(19)26(35(15)14-23(31)32)24-20(29)10-16(11-21(24)30)27(36)17-12-34(13-17)8-4-7-28/h2-3,5-6,10-11,15,17,23,26-27,33,36H,4,7-9,12-14H2,1H3/t15-,26-,27?/m1/s1. The van der Waals surface area contributed by atoms with E-state index in [2.05, 4.69) is 4.98 Å². The van der Waals surface area contributed by atoms with Gasteiger partial charge in [0, 0.05) is 53.8 Å². The lowest BCUT2D eigenvalue weighted by Gasteiger charge is -2.42. The predicted octanol–water partition coefficient (Wildman–Crippen LogP) is 5.37. The number of para-hydroxylation sites is 1. The third-order valence-electron chi connectivity index (χ3n) is 7.62. The Morgan fingerprint density at radius 1 is 1.11 bits per heavy atom. The first-order chi connectivity index (χ1) is 17.3. The molecule has 0 radical (unpaired) electrons. The van der Waals surface area contributed by atoms with E-state index in [9.17, 15) is 18.3 Å². The summed E-state index contributed by atoms with van der Waals surface area (Å²) in [5.41, 5.74) is 1.99. The third-order valence-corrected chi connectivity index (χ3v) is 7.62. The van der Waals surface area contributed by atoms with Crippen molar-refractivity contribution in [2.45, 2.75) is 44.4 Å². The van der Waals surface area contributed by atoms with Gasteiger partial charge in [0.05, 0.1) is 25.4 Å². The van der Waals surface area contributed by atoms with Crippen molar-refractivity contribution < 1.29 is 27.1 Å². The topological polar surface area (TPSA) is 42.5 Å². The van der Waals surface area contributed by atoms with Crippen molar-refractivity contribution in [2.24, 2.45) is 5.92 Å². The van der Waals surface area contributed by atoms with Crippen LogP contribution in [0.4, 0.5) is 22.0 Å². The molecule has 1 fully saturated rings. The Hall–Kier alpha value is -2.49. The van der Waals surface area contributed by atoms with Crippen molar-refractivity contribution in [1.29, 1.82) is 0 Å². The van der Waals surface area contributed by atoms with E-state index in [1.807, 2.05) is 29.2 Å². The second kappa shape index (κ2) is 10.1. The van der Waals surface area contributed by atoms with Gasteiger partial charge in [0.1, 0.15) is 11.6 Å². The molecule has 0 bridgehead atoms. The number of alkyl halides is 3. The lowest BCUT2D eigenvalue weighted by Crippen LogP contribution is -2.49. The highest BCUT2D eigenvalue weighted by molar-refractivity contribution is 5.85. The molecule has 1 aromatic heterocycles. The van der Waals surface area contributed by atoms with Gasteiger partial charge >= 0.3 is 0 Å². The third kappa shape index (κ3) is 4.53. The van der Waals surface area contributed by atoms with Crippen LogP contribution in [-0.2, 0) is 6.42 Å². The summed E-state index contributed by atoms with van der Waals surface area (Å²) in [7, 11) is 0. The number of hydrogen-bond acceptors (Lipinski definition) is 3. The minimum absolute atomic E-state index is 0.116. The lowest BCUT2D eigenvalue weighted by molar-refractivity contribution is -0.00642. The van der Waals surface area contributed by atoms with Gasteiger partial charge in [-0.25, -0.2) is 17.6 Å². The Bertz CT molecular complexity index is 1200. The molecule has 2 N–H and O–H groups in total. The second-order valence-electron chi connectivity index (χ2n) is 10.0. The Kier molecular flexibility index (Phi) is 7.07. The Labute approximate surface area is 206 Å². The molecule has 0 spiro atoms. The SMILES string of the molecule is C[C@@H]1Cc2c([nH]c3ccccc23)[C@@H](c2c(F)cc(C(O)C3CN(CCCF)C3)cc2F)N1CC(F)F. The van der Waals surface area contributed by atoms with Crippen molar-refractivity contribution in [3.05, 3.63) is 70.4 Å². The average molecular weight is 508 g/mol. The normalized spacial score (nSPS) is 22.2. The van der Waals surface area contributed by atoms with Gasteiger partial charge in [-0.1, -0.05) is 18.2 Å². The number of benzene rings is 2. The van der Waals surface area contributed by atoms with Crippen LogP contribution in [0.15, 0.2) is 36.4 Å². The quantitative estimate of drug-likeness (QED) is 0.403. The minimum Gasteiger partial charge on any atom is -0.388 e. The highest BCUT2D eigenvalue weighted by atomic mass is 19.3. The monoisotopic (exact) mass is 507 g/mol. The van der Waals surface area contributed by atoms with Crippen molar-refractivity contribution in [3.8, 4) is 0 Å².